The van der Waals surface area contributed by atoms with Gasteiger partial charge in [0, 0.05) is 26.2 Å². The zero-order chi connectivity index (χ0) is 13.6. The molecule has 6 heteroatoms. The lowest BCUT2D eigenvalue weighted by molar-refractivity contribution is -0.145. The first-order valence-electron chi connectivity index (χ1n) is 7.10. The van der Waals surface area contributed by atoms with Crippen molar-refractivity contribution in [3.8, 4) is 0 Å². The number of fused-ring (bicyclic) bond motifs is 1. The molecule has 19 heavy (non-hydrogen) atoms. The maximum absolute atomic E-state index is 5.92. The van der Waals surface area contributed by atoms with Crippen LogP contribution in [0.2, 0.25) is 0 Å². The first-order valence-corrected chi connectivity index (χ1v) is 7.10. The standard InChI is InChI=1S/C13H26N2O4/c1-13(2)18-11-9-14-3-5-16-7-8-17-6-4-15-10-12(11)19-13/h11-12,14-15H,3-10H2,1-2H3/t11-,12-/m0/s1. The molecule has 2 aliphatic rings. The normalized spacial score (nSPS) is 34.4. The Labute approximate surface area is 115 Å². The zero-order valence-electron chi connectivity index (χ0n) is 11.9. The number of ether oxygens (including phenoxy) is 4. The molecule has 2 atom stereocenters. The van der Waals surface area contributed by atoms with Crippen molar-refractivity contribution in [1.29, 1.82) is 0 Å². The van der Waals surface area contributed by atoms with Crippen LogP contribution in [-0.2, 0) is 18.9 Å². The van der Waals surface area contributed by atoms with Gasteiger partial charge in [0.25, 0.3) is 0 Å². The molecule has 0 amide bonds. The summed E-state index contributed by atoms with van der Waals surface area (Å²) >= 11 is 0. The molecular formula is C13H26N2O4. The van der Waals surface area contributed by atoms with Gasteiger partial charge in [0.1, 0.15) is 12.2 Å². The molecule has 0 radical (unpaired) electrons. The molecule has 0 aromatic carbocycles. The molecule has 2 saturated heterocycles. The summed E-state index contributed by atoms with van der Waals surface area (Å²) in [7, 11) is 0. The SMILES string of the molecule is CC1(C)O[C@H]2CNCCOCCOCCNC[C@@H]2O1. The van der Waals surface area contributed by atoms with E-state index >= 15 is 0 Å². The van der Waals surface area contributed by atoms with E-state index in [1.807, 2.05) is 13.8 Å². The molecule has 0 unspecified atom stereocenters. The predicted molar refractivity (Wildman–Crippen MR) is 71.2 cm³/mol. The average Bonchev–Trinajstić information content (AvgIpc) is 2.65. The van der Waals surface area contributed by atoms with Crippen LogP contribution in [0.3, 0.4) is 0 Å². The number of hydrogen-bond donors (Lipinski definition) is 2. The molecule has 2 aliphatic heterocycles. The Morgan fingerprint density at radius 1 is 0.789 bits per heavy atom. The fourth-order valence-electron chi connectivity index (χ4n) is 2.35. The molecule has 0 saturated carbocycles. The Morgan fingerprint density at radius 2 is 1.26 bits per heavy atom. The lowest BCUT2D eigenvalue weighted by Gasteiger charge is -2.18. The topological polar surface area (TPSA) is 61.0 Å². The monoisotopic (exact) mass is 274 g/mol. The molecule has 2 fully saturated rings. The van der Waals surface area contributed by atoms with E-state index in [2.05, 4.69) is 10.6 Å². The minimum absolute atomic E-state index is 0.0753. The van der Waals surface area contributed by atoms with Gasteiger partial charge in [-0.2, -0.15) is 0 Å². The summed E-state index contributed by atoms with van der Waals surface area (Å²) in [6.07, 6.45) is 0.151. The van der Waals surface area contributed by atoms with Crippen molar-refractivity contribution in [1.82, 2.24) is 10.6 Å². The Hall–Kier alpha value is -0.240. The van der Waals surface area contributed by atoms with Crippen LogP contribution in [0.4, 0.5) is 0 Å². The molecule has 2 rings (SSSR count). The van der Waals surface area contributed by atoms with Crippen molar-refractivity contribution in [2.45, 2.75) is 31.8 Å². The maximum Gasteiger partial charge on any atom is 0.163 e. The van der Waals surface area contributed by atoms with Gasteiger partial charge in [-0.1, -0.05) is 0 Å². The highest BCUT2D eigenvalue weighted by atomic mass is 16.8. The molecule has 2 heterocycles. The third-order valence-electron chi connectivity index (χ3n) is 3.19. The van der Waals surface area contributed by atoms with E-state index in [0.717, 1.165) is 26.2 Å². The second kappa shape index (κ2) is 7.52. The molecule has 0 bridgehead atoms. The summed E-state index contributed by atoms with van der Waals surface area (Å²) in [6, 6.07) is 0. The fourth-order valence-corrected chi connectivity index (χ4v) is 2.35. The van der Waals surface area contributed by atoms with Crippen molar-refractivity contribution in [3.05, 3.63) is 0 Å². The first-order chi connectivity index (χ1) is 9.17. The summed E-state index contributed by atoms with van der Waals surface area (Å²) in [5, 5.41) is 6.70. The zero-order valence-corrected chi connectivity index (χ0v) is 11.9. The van der Waals surface area contributed by atoms with Crippen LogP contribution >= 0.6 is 0 Å². The second-order valence-electron chi connectivity index (χ2n) is 5.35. The summed E-state index contributed by atoms with van der Waals surface area (Å²) < 4.78 is 22.7. The highest BCUT2D eigenvalue weighted by Crippen LogP contribution is 2.27. The number of hydrogen-bond acceptors (Lipinski definition) is 6. The van der Waals surface area contributed by atoms with E-state index in [1.165, 1.54) is 0 Å². The quantitative estimate of drug-likeness (QED) is 0.634. The van der Waals surface area contributed by atoms with Crippen molar-refractivity contribution >= 4 is 0 Å². The predicted octanol–water partition coefficient (Wildman–Crippen LogP) is -0.267. The van der Waals surface area contributed by atoms with Gasteiger partial charge in [-0.05, 0) is 13.8 Å². The van der Waals surface area contributed by atoms with Crippen LogP contribution in [0, 0.1) is 0 Å². The van der Waals surface area contributed by atoms with Crippen LogP contribution in [-0.4, -0.2) is 70.6 Å². The van der Waals surface area contributed by atoms with Crippen molar-refractivity contribution in [2.75, 3.05) is 52.6 Å². The number of rotatable bonds is 0. The van der Waals surface area contributed by atoms with Crippen molar-refractivity contribution in [2.24, 2.45) is 0 Å². The van der Waals surface area contributed by atoms with Crippen LogP contribution in [0.1, 0.15) is 13.8 Å². The van der Waals surface area contributed by atoms with Gasteiger partial charge in [0.2, 0.25) is 0 Å². The first kappa shape index (κ1) is 15.2. The molecular weight excluding hydrogens is 248 g/mol. The van der Waals surface area contributed by atoms with Gasteiger partial charge in [-0.3, -0.25) is 0 Å². The molecule has 112 valence electrons. The minimum atomic E-state index is -0.500. The van der Waals surface area contributed by atoms with Crippen LogP contribution in [0.15, 0.2) is 0 Å². The number of nitrogens with one attached hydrogen (secondary N) is 2. The summed E-state index contributed by atoms with van der Waals surface area (Å²) in [5.41, 5.74) is 0. The largest absolute Gasteiger partial charge is 0.378 e. The van der Waals surface area contributed by atoms with E-state index in [1.54, 1.807) is 0 Å². The van der Waals surface area contributed by atoms with Crippen molar-refractivity contribution < 1.29 is 18.9 Å². The van der Waals surface area contributed by atoms with E-state index in [4.69, 9.17) is 18.9 Å². The van der Waals surface area contributed by atoms with Gasteiger partial charge in [-0.25, -0.2) is 0 Å². The highest BCUT2D eigenvalue weighted by Gasteiger charge is 2.40. The Bertz CT molecular complexity index is 239. The van der Waals surface area contributed by atoms with E-state index in [9.17, 15) is 0 Å². The molecule has 0 aromatic rings. The summed E-state index contributed by atoms with van der Waals surface area (Å²) in [6.45, 7) is 9.83. The highest BCUT2D eigenvalue weighted by molar-refractivity contribution is 4.84. The lowest BCUT2D eigenvalue weighted by atomic mass is 10.2. The smallest absolute Gasteiger partial charge is 0.163 e. The van der Waals surface area contributed by atoms with Crippen LogP contribution in [0.5, 0.6) is 0 Å². The Kier molecular flexibility index (Phi) is 6.00. The summed E-state index contributed by atoms with van der Waals surface area (Å²) in [5.74, 6) is -0.500. The van der Waals surface area contributed by atoms with Crippen LogP contribution < -0.4 is 10.6 Å². The van der Waals surface area contributed by atoms with Gasteiger partial charge in [0.15, 0.2) is 5.79 Å². The van der Waals surface area contributed by atoms with E-state index in [-0.39, 0.29) is 12.2 Å². The van der Waals surface area contributed by atoms with Gasteiger partial charge in [-0.15, -0.1) is 0 Å². The molecule has 2 N–H and O–H groups in total. The lowest BCUT2D eigenvalue weighted by Crippen LogP contribution is -2.41. The minimum Gasteiger partial charge on any atom is -0.378 e. The molecule has 0 spiro atoms. The second-order valence-corrected chi connectivity index (χ2v) is 5.35. The summed E-state index contributed by atoms with van der Waals surface area (Å²) in [4.78, 5) is 0. The molecule has 6 nitrogen and oxygen atoms in total. The van der Waals surface area contributed by atoms with E-state index in [0.29, 0.717) is 26.4 Å². The van der Waals surface area contributed by atoms with E-state index < -0.39 is 5.79 Å². The van der Waals surface area contributed by atoms with Gasteiger partial charge in [0.05, 0.1) is 26.4 Å². The van der Waals surface area contributed by atoms with Crippen molar-refractivity contribution in [3.63, 3.8) is 0 Å². The van der Waals surface area contributed by atoms with Gasteiger partial charge < -0.3 is 29.6 Å². The Morgan fingerprint density at radius 3 is 1.74 bits per heavy atom. The third-order valence-corrected chi connectivity index (χ3v) is 3.19. The van der Waals surface area contributed by atoms with Gasteiger partial charge >= 0.3 is 0 Å². The fraction of sp³-hybridized carbons (Fsp3) is 1.00. The van der Waals surface area contributed by atoms with Crippen LogP contribution in [0.25, 0.3) is 0 Å². The third kappa shape index (κ3) is 5.33. The maximum atomic E-state index is 5.92. The Balaban J connectivity index is 1.82. The average molecular weight is 274 g/mol. The molecule has 0 aliphatic carbocycles. The molecule has 0 aromatic heterocycles.